The highest BCUT2D eigenvalue weighted by Crippen LogP contribution is 2.28. The lowest BCUT2D eigenvalue weighted by molar-refractivity contribution is -0.991. The van der Waals surface area contributed by atoms with E-state index in [2.05, 4.69) is 5.16 Å². The molecule has 0 spiro atoms. The summed E-state index contributed by atoms with van der Waals surface area (Å²) in [5, 5.41) is 23.2. The van der Waals surface area contributed by atoms with Crippen LogP contribution in [0, 0.1) is 11.1 Å². The second-order valence-electron chi connectivity index (χ2n) is 5.98. The number of hydrogen-bond donors (Lipinski definition) is 2. The van der Waals surface area contributed by atoms with Crippen molar-refractivity contribution in [1.82, 2.24) is 0 Å². The normalized spacial score (nSPS) is 32.8. The van der Waals surface area contributed by atoms with E-state index >= 15 is 0 Å². The average Bonchev–Trinajstić information content (AvgIpc) is 2.98. The first-order valence-electron chi connectivity index (χ1n) is 7.88. The first kappa shape index (κ1) is 15.5. The van der Waals surface area contributed by atoms with Gasteiger partial charge in [0.05, 0.1) is 24.8 Å². The minimum Gasteiger partial charge on any atom is -0.595 e. The highest BCUT2D eigenvalue weighted by molar-refractivity contribution is 6.03. The molecule has 5 unspecified atom stereocenters. The minimum absolute atomic E-state index is 0.0408. The van der Waals surface area contributed by atoms with Gasteiger partial charge in [0.1, 0.15) is 12.2 Å². The van der Waals surface area contributed by atoms with Gasteiger partial charge in [-0.05, 0) is 12.1 Å². The van der Waals surface area contributed by atoms with Crippen LogP contribution in [0.2, 0.25) is 0 Å². The molecule has 1 fully saturated rings. The van der Waals surface area contributed by atoms with Crippen LogP contribution in [0.3, 0.4) is 0 Å². The number of fused-ring (bicyclic) bond motifs is 2. The molecule has 1 aliphatic carbocycles. The van der Waals surface area contributed by atoms with Crippen molar-refractivity contribution in [3.05, 3.63) is 59.3 Å². The number of quaternary nitrogens is 1. The Kier molecular flexibility index (Phi) is 4.17. The van der Waals surface area contributed by atoms with Crippen LogP contribution in [-0.2, 0) is 14.3 Å². The fourth-order valence-corrected chi connectivity index (χ4v) is 3.11. The number of benzene rings is 1. The predicted molar refractivity (Wildman–Crippen MR) is 84.9 cm³/mol. The van der Waals surface area contributed by atoms with Gasteiger partial charge in [-0.3, -0.25) is 0 Å². The molecule has 0 aromatic heterocycles. The Hall–Kier alpha value is -2.03. The fraction of sp³-hybridized carbons (Fsp3) is 0.353. The molecular formula is C17H18N2O5. The molecular weight excluding hydrogens is 312 g/mol. The summed E-state index contributed by atoms with van der Waals surface area (Å²) in [6.45, 7) is 0.917. The maximum Gasteiger partial charge on any atom is 0.163 e. The summed E-state index contributed by atoms with van der Waals surface area (Å²) in [7, 11) is 0. The summed E-state index contributed by atoms with van der Waals surface area (Å²) in [6.07, 6.45) is 7.47. The zero-order valence-corrected chi connectivity index (χ0v) is 12.9. The Balaban J connectivity index is 1.52. The Bertz CT molecular complexity index is 683. The molecule has 0 saturated carbocycles. The average molecular weight is 330 g/mol. The van der Waals surface area contributed by atoms with Crippen LogP contribution >= 0.6 is 0 Å². The van der Waals surface area contributed by atoms with Gasteiger partial charge in [0.25, 0.3) is 0 Å². The molecule has 24 heavy (non-hydrogen) atoms. The van der Waals surface area contributed by atoms with E-state index in [9.17, 15) is 5.21 Å². The molecule has 3 aliphatic rings. The molecule has 126 valence electrons. The van der Waals surface area contributed by atoms with Crippen LogP contribution in [0.15, 0.2) is 53.7 Å². The zero-order valence-electron chi connectivity index (χ0n) is 12.9. The van der Waals surface area contributed by atoms with Crippen LogP contribution in [0.5, 0.6) is 0 Å². The van der Waals surface area contributed by atoms with Gasteiger partial charge in [0.15, 0.2) is 11.8 Å². The Morgan fingerprint density at radius 3 is 2.38 bits per heavy atom. The third-order valence-electron chi connectivity index (χ3n) is 4.47. The third-order valence-corrected chi connectivity index (χ3v) is 4.47. The number of oxime groups is 1. The number of allylic oxidation sites excluding steroid dienone is 2. The van der Waals surface area contributed by atoms with Gasteiger partial charge in [0, 0.05) is 17.7 Å². The standard InChI is InChI=1S/C17H18N2O5/c20-19(21)12-7-5-11(6-8-12)17-13-9-22-14-3-1-2-4-15(14)23-10-16(13)24-18-17/h1-8,13-16,19-20H,9-10H2. The number of ether oxygens (including phenoxy) is 2. The number of rotatable bonds is 2. The second-order valence-corrected chi connectivity index (χ2v) is 5.98. The van der Waals surface area contributed by atoms with E-state index in [1.807, 2.05) is 24.3 Å². The van der Waals surface area contributed by atoms with E-state index < -0.39 is 5.23 Å². The summed E-state index contributed by atoms with van der Waals surface area (Å²) in [6, 6.07) is 6.64. The molecule has 4 rings (SSSR count). The van der Waals surface area contributed by atoms with E-state index in [1.54, 1.807) is 24.3 Å². The molecule has 1 aromatic rings. The van der Waals surface area contributed by atoms with Crippen LogP contribution in [0.1, 0.15) is 5.56 Å². The molecule has 0 radical (unpaired) electrons. The monoisotopic (exact) mass is 330 g/mol. The molecule has 7 nitrogen and oxygen atoms in total. The largest absolute Gasteiger partial charge is 0.595 e. The number of nitrogens with zero attached hydrogens (tertiary/aromatic N) is 1. The van der Waals surface area contributed by atoms with Gasteiger partial charge in [-0.25, -0.2) is 5.21 Å². The first-order valence-corrected chi connectivity index (χ1v) is 7.88. The topological polar surface area (TPSA) is 87.8 Å². The summed E-state index contributed by atoms with van der Waals surface area (Å²) >= 11 is 0. The van der Waals surface area contributed by atoms with Crippen LogP contribution in [-0.4, -0.2) is 42.4 Å². The van der Waals surface area contributed by atoms with Crippen LogP contribution in [0.25, 0.3) is 0 Å². The van der Waals surface area contributed by atoms with E-state index in [4.69, 9.17) is 19.5 Å². The molecule has 5 atom stereocenters. The van der Waals surface area contributed by atoms with E-state index in [0.717, 1.165) is 11.3 Å². The quantitative estimate of drug-likeness (QED) is 0.780. The summed E-state index contributed by atoms with van der Waals surface area (Å²) in [5.41, 5.74) is 1.86. The molecule has 2 N–H and O–H groups in total. The van der Waals surface area contributed by atoms with Crippen LogP contribution < -0.4 is 5.23 Å². The van der Waals surface area contributed by atoms with Gasteiger partial charge in [-0.2, -0.15) is 5.23 Å². The van der Waals surface area contributed by atoms with Gasteiger partial charge in [0.2, 0.25) is 0 Å². The molecule has 1 saturated heterocycles. The van der Waals surface area contributed by atoms with Crippen molar-refractivity contribution in [2.24, 2.45) is 11.1 Å². The Morgan fingerprint density at radius 1 is 1.04 bits per heavy atom. The van der Waals surface area contributed by atoms with Crippen molar-refractivity contribution < 1.29 is 24.7 Å². The number of hydrogen-bond acceptors (Lipinski definition) is 6. The molecule has 0 bridgehead atoms. The smallest absolute Gasteiger partial charge is 0.163 e. The van der Waals surface area contributed by atoms with Crippen LogP contribution in [0.4, 0.5) is 5.69 Å². The molecule has 2 heterocycles. The first-order chi connectivity index (χ1) is 11.7. The molecule has 1 aromatic carbocycles. The molecule has 0 amide bonds. The fourth-order valence-electron chi connectivity index (χ4n) is 3.11. The van der Waals surface area contributed by atoms with E-state index in [-0.39, 0.29) is 29.9 Å². The van der Waals surface area contributed by atoms with Gasteiger partial charge < -0.3 is 19.5 Å². The zero-order chi connectivity index (χ0) is 16.5. The number of nitrogens with one attached hydrogen (secondary N) is 1. The van der Waals surface area contributed by atoms with E-state index in [0.29, 0.717) is 13.2 Å². The highest BCUT2D eigenvalue weighted by atomic mass is 16.8. The minimum atomic E-state index is -0.949. The SMILES string of the molecule is [O-][NH+](O)c1ccc(C2=NOC3COC4C=CC=CC4OCC23)cc1. The van der Waals surface area contributed by atoms with E-state index in [1.165, 1.54) is 0 Å². The predicted octanol–water partition coefficient (Wildman–Crippen LogP) is 0.719. The lowest BCUT2D eigenvalue weighted by Crippen LogP contribution is -2.99. The van der Waals surface area contributed by atoms with Crippen molar-refractivity contribution in [3.8, 4) is 0 Å². The summed E-state index contributed by atoms with van der Waals surface area (Å²) in [5.74, 6) is -0.0408. The maximum absolute atomic E-state index is 11.0. The highest BCUT2D eigenvalue weighted by Gasteiger charge is 2.39. The van der Waals surface area contributed by atoms with Crippen molar-refractivity contribution in [3.63, 3.8) is 0 Å². The van der Waals surface area contributed by atoms with Crippen molar-refractivity contribution in [1.29, 1.82) is 0 Å². The Labute approximate surface area is 138 Å². The lowest BCUT2D eigenvalue weighted by atomic mass is 9.92. The third kappa shape index (κ3) is 2.88. The van der Waals surface area contributed by atoms with Gasteiger partial charge >= 0.3 is 0 Å². The molecule has 7 heteroatoms. The lowest BCUT2D eigenvalue weighted by Gasteiger charge is -2.31. The van der Waals surface area contributed by atoms with Crippen molar-refractivity contribution >= 4 is 11.4 Å². The van der Waals surface area contributed by atoms with Gasteiger partial charge in [-0.15, -0.1) is 0 Å². The maximum atomic E-state index is 11.0. The van der Waals surface area contributed by atoms with Crippen molar-refractivity contribution in [2.75, 3.05) is 13.2 Å². The van der Waals surface area contributed by atoms with Crippen molar-refractivity contribution in [2.45, 2.75) is 18.3 Å². The Morgan fingerprint density at radius 2 is 1.71 bits per heavy atom. The second kappa shape index (κ2) is 6.46. The van der Waals surface area contributed by atoms with Gasteiger partial charge in [-0.1, -0.05) is 29.5 Å². The summed E-state index contributed by atoms with van der Waals surface area (Å²) < 4.78 is 11.9. The molecule has 2 aliphatic heterocycles. The summed E-state index contributed by atoms with van der Waals surface area (Å²) in [4.78, 5) is 5.54.